The van der Waals surface area contributed by atoms with Crippen LogP contribution in [0, 0.1) is 0 Å². The molecule has 0 heterocycles. The summed E-state index contributed by atoms with van der Waals surface area (Å²) in [5.41, 5.74) is 3.52. The fraction of sp³-hybridized carbons (Fsp3) is 0.269. The first-order chi connectivity index (χ1) is 17.1. The standard InChI is InChI=1S/C26H27F3N4O2S/c1-33(2)23-13-10-18(20-6-4-5-7-21(20)23)16-30-32-25(35)22(14-15-36-3)31-24(34)17-8-11-19(12-9-17)26(27,28)29/h4-13,16,22H,14-15H2,1-3H3,(H,31,34)(H,32,35)/b30-16+. The normalized spacial score (nSPS) is 12.5. The molecule has 10 heteroatoms. The van der Waals surface area contributed by atoms with Crippen molar-refractivity contribution in [3.8, 4) is 0 Å². The summed E-state index contributed by atoms with van der Waals surface area (Å²) < 4.78 is 38.4. The number of nitrogens with one attached hydrogen (secondary N) is 2. The largest absolute Gasteiger partial charge is 0.416 e. The van der Waals surface area contributed by atoms with Crippen LogP contribution in [0.25, 0.3) is 10.8 Å². The van der Waals surface area contributed by atoms with Gasteiger partial charge in [0.25, 0.3) is 11.8 Å². The Kier molecular flexibility index (Phi) is 8.98. The maximum Gasteiger partial charge on any atom is 0.416 e. The van der Waals surface area contributed by atoms with Crippen LogP contribution in [0.15, 0.2) is 65.8 Å². The highest BCUT2D eigenvalue weighted by Gasteiger charge is 2.30. The lowest BCUT2D eigenvalue weighted by atomic mass is 10.0. The fourth-order valence-corrected chi connectivity index (χ4v) is 4.08. The first kappa shape index (κ1) is 27.1. The van der Waals surface area contributed by atoms with Crippen molar-refractivity contribution in [3.63, 3.8) is 0 Å². The maximum atomic E-state index is 12.8. The first-order valence-corrected chi connectivity index (χ1v) is 12.5. The molecular formula is C26H27F3N4O2S. The lowest BCUT2D eigenvalue weighted by Crippen LogP contribution is -2.45. The van der Waals surface area contributed by atoms with Crippen molar-refractivity contribution in [2.75, 3.05) is 31.0 Å². The molecule has 190 valence electrons. The summed E-state index contributed by atoms with van der Waals surface area (Å²) in [6.45, 7) is 0. The maximum absolute atomic E-state index is 12.8. The van der Waals surface area contributed by atoms with Gasteiger partial charge in [-0.25, -0.2) is 5.43 Å². The molecule has 1 unspecified atom stereocenters. The lowest BCUT2D eigenvalue weighted by molar-refractivity contribution is -0.137. The molecule has 0 radical (unpaired) electrons. The minimum Gasteiger partial charge on any atom is -0.377 e. The fourth-order valence-electron chi connectivity index (χ4n) is 3.61. The van der Waals surface area contributed by atoms with E-state index in [1.165, 1.54) is 11.8 Å². The Balaban J connectivity index is 1.72. The number of nitrogens with zero attached hydrogens (tertiary/aromatic N) is 2. The lowest BCUT2D eigenvalue weighted by Gasteiger charge is -2.17. The molecule has 0 fully saturated rings. The molecule has 0 aliphatic heterocycles. The van der Waals surface area contributed by atoms with Gasteiger partial charge in [-0.1, -0.05) is 30.3 Å². The Hall–Kier alpha value is -3.53. The zero-order valence-electron chi connectivity index (χ0n) is 20.1. The molecule has 2 amide bonds. The van der Waals surface area contributed by atoms with Crippen LogP contribution in [-0.2, 0) is 11.0 Å². The number of halogens is 3. The van der Waals surface area contributed by atoms with Gasteiger partial charge >= 0.3 is 6.18 Å². The number of rotatable bonds is 9. The minimum absolute atomic E-state index is 0.0286. The van der Waals surface area contributed by atoms with Crippen molar-refractivity contribution < 1.29 is 22.8 Å². The number of fused-ring (bicyclic) bond motifs is 1. The average molecular weight is 517 g/mol. The Morgan fingerprint density at radius 3 is 2.31 bits per heavy atom. The predicted molar refractivity (Wildman–Crippen MR) is 140 cm³/mol. The molecule has 36 heavy (non-hydrogen) atoms. The van der Waals surface area contributed by atoms with Crippen LogP contribution >= 0.6 is 11.8 Å². The van der Waals surface area contributed by atoms with Crippen LogP contribution in [0.1, 0.15) is 27.9 Å². The molecule has 2 N–H and O–H groups in total. The highest BCUT2D eigenvalue weighted by molar-refractivity contribution is 7.98. The van der Waals surface area contributed by atoms with Gasteiger partial charge in [0.05, 0.1) is 11.8 Å². The summed E-state index contributed by atoms with van der Waals surface area (Å²) in [5, 5.41) is 8.70. The van der Waals surface area contributed by atoms with Gasteiger partial charge < -0.3 is 10.2 Å². The highest BCUT2D eigenvalue weighted by atomic mass is 32.2. The predicted octanol–water partition coefficient (Wildman–Crippen LogP) is 4.93. The van der Waals surface area contributed by atoms with E-state index in [1.807, 2.05) is 61.6 Å². The number of hydrogen-bond donors (Lipinski definition) is 2. The van der Waals surface area contributed by atoms with Crippen LogP contribution in [0.4, 0.5) is 18.9 Å². The van der Waals surface area contributed by atoms with Crippen molar-refractivity contribution in [1.29, 1.82) is 0 Å². The average Bonchev–Trinajstić information content (AvgIpc) is 2.85. The smallest absolute Gasteiger partial charge is 0.377 e. The molecule has 3 aromatic rings. The van der Waals surface area contributed by atoms with Gasteiger partial charge in [-0.2, -0.15) is 30.0 Å². The molecular weight excluding hydrogens is 489 g/mol. The van der Waals surface area contributed by atoms with E-state index in [4.69, 9.17) is 0 Å². The second-order valence-electron chi connectivity index (χ2n) is 8.23. The summed E-state index contributed by atoms with van der Waals surface area (Å²) >= 11 is 1.50. The minimum atomic E-state index is -4.49. The third-order valence-electron chi connectivity index (χ3n) is 5.50. The zero-order valence-corrected chi connectivity index (χ0v) is 20.9. The third kappa shape index (κ3) is 6.78. The molecule has 0 bridgehead atoms. The van der Waals surface area contributed by atoms with Crippen molar-refractivity contribution >= 4 is 46.3 Å². The molecule has 1 atom stereocenters. The van der Waals surface area contributed by atoms with E-state index in [0.717, 1.165) is 46.3 Å². The van der Waals surface area contributed by atoms with Crippen LogP contribution < -0.4 is 15.6 Å². The van der Waals surface area contributed by atoms with Gasteiger partial charge in [-0.05, 0) is 54.1 Å². The molecule has 0 saturated heterocycles. The van der Waals surface area contributed by atoms with Gasteiger partial charge in [-0.3, -0.25) is 9.59 Å². The molecule has 0 aromatic heterocycles. The summed E-state index contributed by atoms with van der Waals surface area (Å²) in [7, 11) is 3.92. The molecule has 0 saturated carbocycles. The van der Waals surface area contributed by atoms with E-state index in [-0.39, 0.29) is 5.56 Å². The third-order valence-corrected chi connectivity index (χ3v) is 6.15. The summed E-state index contributed by atoms with van der Waals surface area (Å²) in [6.07, 6.45) is -0.752. The quantitative estimate of drug-likeness (QED) is 0.313. The Labute approximate surface area is 211 Å². The number of amides is 2. The summed E-state index contributed by atoms with van der Waals surface area (Å²) in [5.74, 6) is -0.569. The van der Waals surface area contributed by atoms with Gasteiger partial charge in [0, 0.05) is 36.3 Å². The number of carbonyl (C=O) groups is 2. The highest BCUT2D eigenvalue weighted by Crippen LogP contribution is 2.29. The summed E-state index contributed by atoms with van der Waals surface area (Å²) in [4.78, 5) is 27.4. The molecule has 6 nitrogen and oxygen atoms in total. The second kappa shape index (κ2) is 11.9. The van der Waals surface area contributed by atoms with Gasteiger partial charge in [0.15, 0.2) is 0 Å². The van der Waals surface area contributed by atoms with Crippen molar-refractivity contribution in [3.05, 3.63) is 77.4 Å². The van der Waals surface area contributed by atoms with Crippen LogP contribution in [0.2, 0.25) is 0 Å². The SMILES string of the molecule is CSCCC(NC(=O)c1ccc(C(F)(F)F)cc1)C(=O)N/N=C/c1ccc(N(C)C)c2ccccc12. The van der Waals surface area contributed by atoms with Crippen molar-refractivity contribution in [1.82, 2.24) is 10.7 Å². The van der Waals surface area contributed by atoms with E-state index < -0.39 is 29.6 Å². The number of hydrazone groups is 1. The second-order valence-corrected chi connectivity index (χ2v) is 9.22. The summed E-state index contributed by atoms with van der Waals surface area (Å²) in [6, 6.07) is 14.7. The van der Waals surface area contributed by atoms with Crippen LogP contribution in [0.5, 0.6) is 0 Å². The van der Waals surface area contributed by atoms with E-state index in [2.05, 4.69) is 15.8 Å². The molecule has 3 rings (SSSR count). The first-order valence-electron chi connectivity index (χ1n) is 11.1. The number of hydrogen-bond acceptors (Lipinski definition) is 5. The topological polar surface area (TPSA) is 73.8 Å². The van der Waals surface area contributed by atoms with Crippen molar-refractivity contribution in [2.24, 2.45) is 5.10 Å². The number of alkyl halides is 3. The monoisotopic (exact) mass is 516 g/mol. The molecule has 0 aliphatic rings. The molecule has 0 aliphatic carbocycles. The Bertz CT molecular complexity index is 1240. The number of carbonyl (C=O) groups excluding carboxylic acids is 2. The number of thioether (sulfide) groups is 1. The van der Waals surface area contributed by atoms with E-state index >= 15 is 0 Å². The van der Waals surface area contributed by atoms with Crippen LogP contribution in [-0.4, -0.2) is 50.2 Å². The number of anilines is 1. The van der Waals surface area contributed by atoms with E-state index in [0.29, 0.717) is 12.2 Å². The Morgan fingerprint density at radius 2 is 1.69 bits per heavy atom. The van der Waals surface area contributed by atoms with Crippen LogP contribution in [0.3, 0.4) is 0 Å². The van der Waals surface area contributed by atoms with Gasteiger partial charge in [-0.15, -0.1) is 0 Å². The zero-order chi connectivity index (χ0) is 26.3. The number of benzene rings is 3. The van der Waals surface area contributed by atoms with Gasteiger partial charge in [0.2, 0.25) is 0 Å². The molecule has 3 aromatic carbocycles. The van der Waals surface area contributed by atoms with Crippen molar-refractivity contribution in [2.45, 2.75) is 18.6 Å². The van der Waals surface area contributed by atoms with E-state index in [9.17, 15) is 22.8 Å². The van der Waals surface area contributed by atoms with E-state index in [1.54, 1.807) is 6.21 Å². The Morgan fingerprint density at radius 1 is 1.03 bits per heavy atom. The van der Waals surface area contributed by atoms with Gasteiger partial charge in [0.1, 0.15) is 6.04 Å². The molecule has 0 spiro atoms.